The van der Waals surface area contributed by atoms with Gasteiger partial charge >= 0.3 is 0 Å². The summed E-state index contributed by atoms with van der Waals surface area (Å²) < 4.78 is 6.92. The van der Waals surface area contributed by atoms with Crippen molar-refractivity contribution in [2.45, 2.75) is 19.4 Å². The Morgan fingerprint density at radius 3 is 2.16 bits per heavy atom. The van der Waals surface area contributed by atoms with E-state index in [1.165, 1.54) is 11.1 Å². The summed E-state index contributed by atoms with van der Waals surface area (Å²) >= 11 is 0. The SMILES string of the molecule is Cc1cc(Cn2cc(C(c3ccccc3)c3ccccc3)nn2)no1. The van der Waals surface area contributed by atoms with E-state index in [1.54, 1.807) is 4.68 Å². The van der Waals surface area contributed by atoms with Crippen LogP contribution in [-0.4, -0.2) is 20.2 Å². The Hall–Kier alpha value is -3.21. The Labute approximate surface area is 145 Å². The maximum atomic E-state index is 5.12. The molecule has 25 heavy (non-hydrogen) atoms. The molecular formula is C20H18N4O. The quantitative estimate of drug-likeness (QED) is 0.558. The molecular weight excluding hydrogens is 312 g/mol. The number of hydrogen-bond acceptors (Lipinski definition) is 4. The molecule has 0 atom stereocenters. The second-order valence-electron chi connectivity index (χ2n) is 6.02. The molecule has 0 bridgehead atoms. The number of nitrogens with zero attached hydrogens (tertiary/aromatic N) is 4. The van der Waals surface area contributed by atoms with E-state index in [0.29, 0.717) is 6.54 Å². The average molecular weight is 330 g/mol. The van der Waals surface area contributed by atoms with Gasteiger partial charge in [0.15, 0.2) is 0 Å². The lowest BCUT2D eigenvalue weighted by atomic mass is 9.89. The van der Waals surface area contributed by atoms with Crippen molar-refractivity contribution in [2.24, 2.45) is 0 Å². The fourth-order valence-electron chi connectivity index (χ4n) is 3.01. The van der Waals surface area contributed by atoms with Crippen LogP contribution in [0.3, 0.4) is 0 Å². The molecule has 0 unspecified atom stereocenters. The van der Waals surface area contributed by atoms with Crippen molar-refractivity contribution in [1.82, 2.24) is 20.2 Å². The van der Waals surface area contributed by atoms with E-state index in [0.717, 1.165) is 17.1 Å². The van der Waals surface area contributed by atoms with Gasteiger partial charge in [-0.05, 0) is 18.1 Å². The van der Waals surface area contributed by atoms with Crippen molar-refractivity contribution < 1.29 is 4.52 Å². The summed E-state index contributed by atoms with van der Waals surface area (Å²) in [6.07, 6.45) is 1.98. The molecule has 0 fully saturated rings. The van der Waals surface area contributed by atoms with Crippen LogP contribution < -0.4 is 0 Å². The van der Waals surface area contributed by atoms with Crippen molar-refractivity contribution in [1.29, 1.82) is 0 Å². The molecule has 0 aliphatic carbocycles. The highest BCUT2D eigenvalue weighted by molar-refractivity contribution is 5.39. The summed E-state index contributed by atoms with van der Waals surface area (Å²) in [5.74, 6) is 0.844. The van der Waals surface area contributed by atoms with Gasteiger partial charge in [0.2, 0.25) is 0 Å². The van der Waals surface area contributed by atoms with Gasteiger partial charge in [-0.15, -0.1) is 5.10 Å². The zero-order chi connectivity index (χ0) is 17.1. The van der Waals surface area contributed by atoms with Gasteiger partial charge in [-0.3, -0.25) is 0 Å². The molecule has 0 aliphatic heterocycles. The predicted octanol–water partition coefficient (Wildman–Crippen LogP) is 3.80. The predicted molar refractivity (Wildman–Crippen MR) is 94.2 cm³/mol. The van der Waals surface area contributed by atoms with Gasteiger partial charge in [-0.25, -0.2) is 4.68 Å². The lowest BCUT2D eigenvalue weighted by Crippen LogP contribution is -2.04. The van der Waals surface area contributed by atoms with E-state index in [-0.39, 0.29) is 5.92 Å². The van der Waals surface area contributed by atoms with Gasteiger partial charge < -0.3 is 4.52 Å². The molecule has 0 radical (unpaired) electrons. The van der Waals surface area contributed by atoms with Gasteiger partial charge in [-0.1, -0.05) is 71.0 Å². The van der Waals surface area contributed by atoms with Crippen LogP contribution in [-0.2, 0) is 6.54 Å². The third-order valence-corrected chi connectivity index (χ3v) is 4.12. The Balaban J connectivity index is 1.68. The lowest BCUT2D eigenvalue weighted by molar-refractivity contribution is 0.387. The van der Waals surface area contributed by atoms with Crippen LogP contribution in [0.5, 0.6) is 0 Å². The maximum absolute atomic E-state index is 5.12. The third kappa shape index (κ3) is 3.35. The third-order valence-electron chi connectivity index (χ3n) is 4.12. The monoisotopic (exact) mass is 330 g/mol. The Kier molecular flexibility index (Phi) is 4.12. The summed E-state index contributed by atoms with van der Waals surface area (Å²) in [5.41, 5.74) is 4.14. The second kappa shape index (κ2) is 6.73. The van der Waals surface area contributed by atoms with E-state index in [2.05, 4.69) is 39.7 Å². The molecule has 5 heteroatoms. The Morgan fingerprint density at radius 2 is 1.60 bits per heavy atom. The van der Waals surface area contributed by atoms with Crippen LogP contribution in [0.4, 0.5) is 0 Å². The fraction of sp³-hybridized carbons (Fsp3) is 0.150. The number of aromatic nitrogens is 4. The van der Waals surface area contributed by atoms with Gasteiger partial charge in [0.25, 0.3) is 0 Å². The van der Waals surface area contributed by atoms with Gasteiger partial charge in [0.05, 0.1) is 18.2 Å². The summed E-state index contributed by atoms with van der Waals surface area (Å²) in [5, 5.41) is 12.7. The van der Waals surface area contributed by atoms with E-state index in [4.69, 9.17) is 4.52 Å². The highest BCUT2D eigenvalue weighted by atomic mass is 16.5. The molecule has 4 rings (SSSR count). The maximum Gasteiger partial charge on any atom is 0.133 e. The topological polar surface area (TPSA) is 56.7 Å². The van der Waals surface area contributed by atoms with Crippen LogP contribution in [0.1, 0.15) is 34.2 Å². The first-order valence-corrected chi connectivity index (χ1v) is 8.22. The highest BCUT2D eigenvalue weighted by Crippen LogP contribution is 2.30. The van der Waals surface area contributed by atoms with Crippen LogP contribution in [0.15, 0.2) is 77.4 Å². The van der Waals surface area contributed by atoms with Crippen LogP contribution in [0.25, 0.3) is 0 Å². The molecule has 0 aliphatic rings. The van der Waals surface area contributed by atoms with E-state index < -0.39 is 0 Å². The van der Waals surface area contributed by atoms with Crippen LogP contribution in [0.2, 0.25) is 0 Å². The smallest absolute Gasteiger partial charge is 0.133 e. The number of rotatable bonds is 5. The number of hydrogen-bond donors (Lipinski definition) is 0. The van der Waals surface area contributed by atoms with Gasteiger partial charge in [0, 0.05) is 12.3 Å². The molecule has 124 valence electrons. The standard InChI is InChI=1S/C20H18N4O/c1-15-12-18(22-25-15)13-24-14-19(21-23-24)20(16-8-4-2-5-9-16)17-10-6-3-7-11-17/h2-12,14,20H,13H2,1H3. The number of aryl methyl sites for hydroxylation is 1. The largest absolute Gasteiger partial charge is 0.361 e. The minimum absolute atomic E-state index is 0.0511. The van der Waals surface area contributed by atoms with Gasteiger partial charge in [0.1, 0.15) is 11.5 Å². The first-order valence-electron chi connectivity index (χ1n) is 8.22. The van der Waals surface area contributed by atoms with Crippen molar-refractivity contribution in [3.05, 3.63) is 101 Å². The molecule has 0 saturated heterocycles. The molecule has 0 spiro atoms. The molecule has 0 saturated carbocycles. The van der Waals surface area contributed by atoms with Gasteiger partial charge in [-0.2, -0.15) is 0 Å². The first kappa shape index (κ1) is 15.3. The van der Waals surface area contributed by atoms with E-state index in [9.17, 15) is 0 Å². The zero-order valence-corrected chi connectivity index (χ0v) is 13.9. The number of benzene rings is 2. The van der Waals surface area contributed by atoms with E-state index >= 15 is 0 Å². The normalized spacial score (nSPS) is 11.1. The summed E-state index contributed by atoms with van der Waals surface area (Å²) in [4.78, 5) is 0. The van der Waals surface area contributed by atoms with Crippen molar-refractivity contribution in [3.63, 3.8) is 0 Å². The molecule has 2 aromatic heterocycles. The minimum atomic E-state index is 0.0511. The van der Waals surface area contributed by atoms with Crippen LogP contribution in [0, 0.1) is 6.92 Å². The molecule has 5 nitrogen and oxygen atoms in total. The average Bonchev–Trinajstić information content (AvgIpc) is 3.27. The fourth-order valence-corrected chi connectivity index (χ4v) is 3.01. The first-order chi connectivity index (χ1) is 12.3. The molecule has 2 aromatic carbocycles. The summed E-state index contributed by atoms with van der Waals surface area (Å²) in [7, 11) is 0. The minimum Gasteiger partial charge on any atom is -0.361 e. The molecule has 2 heterocycles. The summed E-state index contributed by atoms with van der Waals surface area (Å²) in [6, 6.07) is 22.6. The van der Waals surface area contributed by atoms with Crippen molar-refractivity contribution in [3.8, 4) is 0 Å². The highest BCUT2D eigenvalue weighted by Gasteiger charge is 2.20. The zero-order valence-electron chi connectivity index (χ0n) is 13.9. The van der Waals surface area contributed by atoms with E-state index in [1.807, 2.05) is 55.6 Å². The summed E-state index contributed by atoms with van der Waals surface area (Å²) in [6.45, 7) is 2.42. The lowest BCUT2D eigenvalue weighted by Gasteiger charge is -2.15. The van der Waals surface area contributed by atoms with Crippen LogP contribution >= 0.6 is 0 Å². The second-order valence-corrected chi connectivity index (χ2v) is 6.02. The molecule has 4 aromatic rings. The molecule has 0 amide bonds. The Bertz CT molecular complexity index is 905. The van der Waals surface area contributed by atoms with Crippen molar-refractivity contribution in [2.75, 3.05) is 0 Å². The van der Waals surface area contributed by atoms with Crippen molar-refractivity contribution >= 4 is 0 Å². The Morgan fingerprint density at radius 1 is 0.960 bits per heavy atom. The molecule has 0 N–H and O–H groups in total.